The summed E-state index contributed by atoms with van der Waals surface area (Å²) in [6, 6.07) is 9.43. The van der Waals surface area contributed by atoms with Crippen molar-refractivity contribution in [3.8, 4) is 0 Å². The Balaban J connectivity index is 2.12. The lowest BCUT2D eigenvalue weighted by Gasteiger charge is -2.44. The number of hydrogen-bond donors (Lipinski definition) is 0. The van der Waals surface area contributed by atoms with E-state index in [9.17, 15) is 9.59 Å². The average Bonchev–Trinajstić information content (AvgIpc) is 2.48. The van der Waals surface area contributed by atoms with Crippen molar-refractivity contribution in [2.75, 3.05) is 13.1 Å². The van der Waals surface area contributed by atoms with Crippen molar-refractivity contribution in [3.05, 3.63) is 35.9 Å². The van der Waals surface area contributed by atoms with Gasteiger partial charge in [0.2, 0.25) is 5.91 Å². The fourth-order valence-corrected chi connectivity index (χ4v) is 2.79. The Morgan fingerprint density at radius 3 is 2.10 bits per heavy atom. The minimum absolute atomic E-state index is 0.00368. The summed E-state index contributed by atoms with van der Waals surface area (Å²) in [7, 11) is 0. The first-order valence-corrected chi connectivity index (χ1v) is 7.58. The smallest absolute Gasteiger partial charge is 0.254 e. The highest BCUT2D eigenvalue weighted by molar-refractivity contribution is 5.94. The lowest BCUT2D eigenvalue weighted by Crippen LogP contribution is -2.60. The summed E-state index contributed by atoms with van der Waals surface area (Å²) in [6.07, 6.45) is 0. The van der Waals surface area contributed by atoms with E-state index in [-0.39, 0.29) is 29.8 Å². The number of benzene rings is 1. The molecule has 4 nitrogen and oxygen atoms in total. The second-order valence-electron chi connectivity index (χ2n) is 6.17. The van der Waals surface area contributed by atoms with E-state index in [1.165, 1.54) is 0 Å². The minimum atomic E-state index is -0.00368. The maximum atomic E-state index is 12.6. The van der Waals surface area contributed by atoms with Gasteiger partial charge in [-0.25, -0.2) is 0 Å². The Morgan fingerprint density at radius 1 is 1.00 bits per heavy atom. The van der Waals surface area contributed by atoms with Crippen LogP contribution in [0.15, 0.2) is 30.3 Å². The summed E-state index contributed by atoms with van der Waals surface area (Å²) in [5, 5.41) is 0. The third-order valence-corrected chi connectivity index (χ3v) is 4.04. The third-order valence-electron chi connectivity index (χ3n) is 4.04. The van der Waals surface area contributed by atoms with Crippen LogP contribution in [0.4, 0.5) is 0 Å². The fraction of sp³-hybridized carbons (Fsp3) is 0.529. The number of amides is 2. The number of piperazine rings is 1. The van der Waals surface area contributed by atoms with Gasteiger partial charge in [-0.1, -0.05) is 32.0 Å². The molecule has 21 heavy (non-hydrogen) atoms. The predicted molar refractivity (Wildman–Crippen MR) is 83.0 cm³/mol. The molecule has 2 rings (SSSR count). The number of carbonyl (C=O) groups excluding carboxylic acids is 2. The molecule has 0 saturated carbocycles. The Labute approximate surface area is 126 Å². The first kappa shape index (κ1) is 15.5. The van der Waals surface area contributed by atoms with Crippen LogP contribution in [0.25, 0.3) is 0 Å². The minimum Gasteiger partial charge on any atom is -0.336 e. The first-order valence-electron chi connectivity index (χ1n) is 7.58. The molecule has 0 N–H and O–H groups in total. The van der Waals surface area contributed by atoms with Crippen LogP contribution >= 0.6 is 0 Å². The van der Waals surface area contributed by atoms with E-state index in [0.29, 0.717) is 18.7 Å². The van der Waals surface area contributed by atoms with Crippen molar-refractivity contribution < 1.29 is 9.59 Å². The molecule has 2 amide bonds. The quantitative estimate of drug-likeness (QED) is 0.838. The molecule has 1 heterocycles. The molecule has 0 radical (unpaired) electrons. The van der Waals surface area contributed by atoms with Gasteiger partial charge in [-0.15, -0.1) is 0 Å². The van der Waals surface area contributed by atoms with Crippen molar-refractivity contribution in [1.82, 2.24) is 9.80 Å². The lowest BCUT2D eigenvalue weighted by molar-refractivity contribution is -0.139. The van der Waals surface area contributed by atoms with Crippen molar-refractivity contribution in [2.24, 2.45) is 5.92 Å². The van der Waals surface area contributed by atoms with Crippen LogP contribution in [0.1, 0.15) is 38.1 Å². The summed E-state index contributed by atoms with van der Waals surface area (Å²) in [5.41, 5.74) is 0.709. The van der Waals surface area contributed by atoms with Gasteiger partial charge in [0.15, 0.2) is 0 Å². The number of hydrogen-bond acceptors (Lipinski definition) is 2. The number of carbonyl (C=O) groups is 2. The van der Waals surface area contributed by atoms with E-state index in [0.717, 1.165) is 0 Å². The largest absolute Gasteiger partial charge is 0.336 e. The molecular weight excluding hydrogens is 264 g/mol. The predicted octanol–water partition coefficient (Wildman–Crippen LogP) is 2.40. The van der Waals surface area contributed by atoms with Gasteiger partial charge in [0.1, 0.15) is 0 Å². The molecular formula is C17H24N2O2. The van der Waals surface area contributed by atoms with E-state index < -0.39 is 0 Å². The molecule has 114 valence electrons. The molecule has 0 bridgehead atoms. The highest BCUT2D eigenvalue weighted by Crippen LogP contribution is 2.20. The zero-order valence-corrected chi connectivity index (χ0v) is 13.2. The zero-order valence-electron chi connectivity index (χ0n) is 13.2. The van der Waals surface area contributed by atoms with E-state index >= 15 is 0 Å². The molecule has 1 aliphatic rings. The highest BCUT2D eigenvalue weighted by Gasteiger charge is 2.35. The second-order valence-corrected chi connectivity index (χ2v) is 6.17. The van der Waals surface area contributed by atoms with Gasteiger partial charge in [0, 0.05) is 36.7 Å². The van der Waals surface area contributed by atoms with Gasteiger partial charge in [-0.2, -0.15) is 0 Å². The van der Waals surface area contributed by atoms with Crippen LogP contribution in [0.2, 0.25) is 0 Å². The SMILES string of the molecule is CC(C)C(=O)N1CC(C)N(C(=O)c2ccccc2)CC1C. The van der Waals surface area contributed by atoms with Gasteiger partial charge in [0.25, 0.3) is 5.91 Å². The molecule has 1 saturated heterocycles. The molecule has 4 heteroatoms. The van der Waals surface area contributed by atoms with Gasteiger partial charge < -0.3 is 9.80 Å². The summed E-state index contributed by atoms with van der Waals surface area (Å²) < 4.78 is 0. The Kier molecular flexibility index (Phi) is 4.66. The Bertz CT molecular complexity index is 513. The van der Waals surface area contributed by atoms with Crippen LogP contribution in [0, 0.1) is 5.92 Å². The van der Waals surface area contributed by atoms with E-state index in [1.807, 2.05) is 67.8 Å². The molecule has 1 aromatic carbocycles. The molecule has 2 atom stereocenters. The van der Waals surface area contributed by atoms with Crippen LogP contribution in [-0.2, 0) is 4.79 Å². The normalized spacial score (nSPS) is 22.5. The van der Waals surface area contributed by atoms with Gasteiger partial charge in [-0.3, -0.25) is 9.59 Å². The highest BCUT2D eigenvalue weighted by atomic mass is 16.2. The maximum absolute atomic E-state index is 12.6. The van der Waals surface area contributed by atoms with Crippen molar-refractivity contribution in [2.45, 2.75) is 39.8 Å². The van der Waals surface area contributed by atoms with Crippen LogP contribution < -0.4 is 0 Å². The Morgan fingerprint density at radius 2 is 1.52 bits per heavy atom. The fourth-order valence-electron chi connectivity index (χ4n) is 2.79. The third kappa shape index (κ3) is 3.26. The molecule has 0 aliphatic carbocycles. The Hall–Kier alpha value is -1.84. The average molecular weight is 288 g/mol. The van der Waals surface area contributed by atoms with Crippen molar-refractivity contribution in [3.63, 3.8) is 0 Å². The first-order chi connectivity index (χ1) is 9.91. The molecule has 0 aromatic heterocycles. The molecule has 1 aliphatic heterocycles. The van der Waals surface area contributed by atoms with Gasteiger partial charge in [-0.05, 0) is 26.0 Å². The molecule has 1 fully saturated rings. The summed E-state index contributed by atoms with van der Waals surface area (Å²) in [5.74, 6) is 0.212. The standard InChI is InChI=1S/C17H24N2O2/c1-12(2)16(20)18-10-14(4)19(11-13(18)3)17(21)15-8-6-5-7-9-15/h5-9,12-14H,10-11H2,1-4H3. The summed E-state index contributed by atoms with van der Waals surface area (Å²) in [6.45, 7) is 9.05. The molecule has 0 spiro atoms. The topological polar surface area (TPSA) is 40.6 Å². The molecule has 2 unspecified atom stereocenters. The van der Waals surface area contributed by atoms with Crippen molar-refractivity contribution in [1.29, 1.82) is 0 Å². The summed E-state index contributed by atoms with van der Waals surface area (Å²) >= 11 is 0. The van der Waals surface area contributed by atoms with E-state index in [2.05, 4.69) is 0 Å². The van der Waals surface area contributed by atoms with E-state index in [1.54, 1.807) is 0 Å². The lowest BCUT2D eigenvalue weighted by atomic mass is 10.0. The molecule has 1 aromatic rings. The van der Waals surface area contributed by atoms with Crippen LogP contribution in [0.3, 0.4) is 0 Å². The maximum Gasteiger partial charge on any atom is 0.254 e. The second kappa shape index (κ2) is 6.29. The van der Waals surface area contributed by atoms with Crippen molar-refractivity contribution >= 4 is 11.8 Å². The van der Waals surface area contributed by atoms with Gasteiger partial charge >= 0.3 is 0 Å². The van der Waals surface area contributed by atoms with E-state index in [4.69, 9.17) is 0 Å². The monoisotopic (exact) mass is 288 g/mol. The van der Waals surface area contributed by atoms with Crippen LogP contribution in [-0.4, -0.2) is 46.8 Å². The zero-order chi connectivity index (χ0) is 15.6. The summed E-state index contributed by atoms with van der Waals surface area (Å²) in [4.78, 5) is 28.6. The number of nitrogens with zero attached hydrogens (tertiary/aromatic N) is 2. The number of rotatable bonds is 2. The van der Waals surface area contributed by atoms with Gasteiger partial charge in [0.05, 0.1) is 0 Å². The van der Waals surface area contributed by atoms with Crippen LogP contribution in [0.5, 0.6) is 0 Å².